The summed E-state index contributed by atoms with van der Waals surface area (Å²) in [5.74, 6) is 0. The lowest BCUT2D eigenvalue weighted by Crippen LogP contribution is -2.07. The molecule has 56 heavy (non-hydrogen) atoms. The normalized spacial score (nSPS) is 13.1. The van der Waals surface area contributed by atoms with Crippen molar-refractivity contribution in [2.45, 2.75) is 47.5 Å². The zero-order valence-corrected chi connectivity index (χ0v) is 32.6. The Hall–Kier alpha value is -6.65. The van der Waals surface area contributed by atoms with Crippen LogP contribution in [0.1, 0.15) is 40.3 Å². The number of allylic oxidation sites excluding steroid dienone is 3. The molecule has 0 amide bonds. The smallest absolute Gasteiger partial charge is 0.0645 e. The summed E-state index contributed by atoms with van der Waals surface area (Å²) in [6.07, 6.45) is 11.6. The number of fused-ring (bicyclic) bond motifs is 10. The molecule has 0 aliphatic heterocycles. The third kappa shape index (κ3) is 5.16. The molecular weight excluding hydrogens is 681 g/mol. The summed E-state index contributed by atoms with van der Waals surface area (Å²) in [6.45, 7) is 10.8. The molecule has 0 radical (unpaired) electrons. The van der Waals surface area contributed by atoms with Gasteiger partial charge in [-0.2, -0.15) is 0 Å². The summed E-state index contributed by atoms with van der Waals surface area (Å²) in [5.41, 5.74) is 28.7. The highest BCUT2D eigenvalue weighted by Gasteiger charge is 2.26. The third-order valence-electron chi connectivity index (χ3n) is 12.3. The standard InChI is InChI=1S/C52H44N4/c1-6-8-40(29-53)55-49-20-15-38(36-13-11-32(3)34(5)24-36)26-47(49)48-27-39-14-17-43-42(45(39)28-51(48)55)18-19-44-46-25-37(35-12-10-31(2)33(4)23-35)16-21-50(46)56(52(43)44)41-9-7-22-54-30-41/h6-13,15-16,18-30H,14,17,53H2,1-5H3/b8-6-,40-29+. The largest absolute Gasteiger partial charge is 0.403 e. The molecule has 0 saturated carbocycles. The number of rotatable bonds is 5. The molecule has 4 nitrogen and oxygen atoms in total. The van der Waals surface area contributed by atoms with Gasteiger partial charge in [0.25, 0.3) is 0 Å². The maximum Gasteiger partial charge on any atom is 0.0645 e. The lowest BCUT2D eigenvalue weighted by molar-refractivity contribution is 0.944. The van der Waals surface area contributed by atoms with E-state index in [1.807, 2.05) is 25.4 Å². The van der Waals surface area contributed by atoms with Crippen molar-refractivity contribution in [2.75, 3.05) is 0 Å². The molecule has 1 aliphatic carbocycles. The van der Waals surface area contributed by atoms with Crippen molar-refractivity contribution in [3.05, 3.63) is 173 Å². The first-order chi connectivity index (χ1) is 27.3. The van der Waals surface area contributed by atoms with E-state index in [1.54, 1.807) is 6.20 Å². The van der Waals surface area contributed by atoms with Crippen LogP contribution < -0.4 is 5.73 Å². The van der Waals surface area contributed by atoms with Crippen molar-refractivity contribution in [3.63, 3.8) is 0 Å². The van der Waals surface area contributed by atoms with Crippen molar-refractivity contribution < 1.29 is 0 Å². The van der Waals surface area contributed by atoms with Gasteiger partial charge in [-0.15, -0.1) is 0 Å². The third-order valence-corrected chi connectivity index (χ3v) is 12.3. The number of hydrogen-bond donors (Lipinski definition) is 1. The molecule has 272 valence electrons. The Labute approximate surface area is 327 Å². The molecule has 2 N–H and O–H groups in total. The van der Waals surface area contributed by atoms with Gasteiger partial charge in [0.05, 0.1) is 39.6 Å². The van der Waals surface area contributed by atoms with Gasteiger partial charge in [-0.25, -0.2) is 0 Å². The number of benzene rings is 6. The summed E-state index contributed by atoms with van der Waals surface area (Å²) < 4.78 is 4.78. The van der Waals surface area contributed by atoms with Crippen molar-refractivity contribution in [1.82, 2.24) is 14.1 Å². The monoisotopic (exact) mass is 724 g/mol. The summed E-state index contributed by atoms with van der Waals surface area (Å²) >= 11 is 0. The molecule has 9 aromatic rings. The predicted octanol–water partition coefficient (Wildman–Crippen LogP) is 13.0. The molecule has 3 aromatic heterocycles. The van der Waals surface area contributed by atoms with E-state index in [0.717, 1.165) is 35.3 Å². The highest BCUT2D eigenvalue weighted by molar-refractivity contribution is 6.15. The fourth-order valence-corrected chi connectivity index (χ4v) is 9.12. The van der Waals surface area contributed by atoms with Crippen LogP contribution in [0.25, 0.3) is 88.4 Å². The van der Waals surface area contributed by atoms with Crippen LogP contribution in [0.3, 0.4) is 0 Å². The molecule has 0 bridgehead atoms. The maximum atomic E-state index is 6.39. The Morgan fingerprint density at radius 3 is 1.89 bits per heavy atom. The van der Waals surface area contributed by atoms with Crippen LogP contribution in [0, 0.1) is 27.7 Å². The lowest BCUT2D eigenvalue weighted by Gasteiger charge is -2.23. The second-order valence-electron chi connectivity index (χ2n) is 15.5. The van der Waals surface area contributed by atoms with Gasteiger partial charge < -0.3 is 14.9 Å². The van der Waals surface area contributed by atoms with Crippen molar-refractivity contribution in [1.29, 1.82) is 0 Å². The first-order valence-electron chi connectivity index (χ1n) is 19.6. The van der Waals surface area contributed by atoms with Crippen LogP contribution >= 0.6 is 0 Å². The van der Waals surface area contributed by atoms with Gasteiger partial charge in [-0.3, -0.25) is 4.98 Å². The second kappa shape index (κ2) is 13.0. The topological polar surface area (TPSA) is 48.8 Å². The summed E-state index contributed by atoms with van der Waals surface area (Å²) in [6, 6.07) is 41.2. The average molecular weight is 725 g/mol. The van der Waals surface area contributed by atoms with Crippen LogP contribution in [-0.2, 0) is 12.8 Å². The molecule has 6 aromatic carbocycles. The molecule has 3 heterocycles. The van der Waals surface area contributed by atoms with Crippen LogP contribution in [0.5, 0.6) is 0 Å². The van der Waals surface area contributed by atoms with E-state index in [1.165, 1.54) is 99.3 Å². The molecule has 1 aliphatic rings. The summed E-state index contributed by atoms with van der Waals surface area (Å²) in [5, 5.41) is 5.01. The average Bonchev–Trinajstić information content (AvgIpc) is 3.73. The molecule has 0 unspecified atom stereocenters. The molecule has 0 fully saturated rings. The van der Waals surface area contributed by atoms with Gasteiger partial charge in [-0.1, -0.05) is 66.7 Å². The molecule has 0 atom stereocenters. The fourth-order valence-electron chi connectivity index (χ4n) is 9.12. The van der Waals surface area contributed by atoms with Gasteiger partial charge in [-0.05, 0) is 169 Å². The Kier molecular flexibility index (Phi) is 7.86. The molecule has 4 heteroatoms. The predicted molar refractivity (Wildman–Crippen MR) is 238 cm³/mol. The van der Waals surface area contributed by atoms with Crippen molar-refractivity contribution in [3.8, 4) is 39.1 Å². The highest BCUT2D eigenvalue weighted by atomic mass is 15.0. The van der Waals surface area contributed by atoms with Gasteiger partial charge in [0.1, 0.15) is 0 Å². The van der Waals surface area contributed by atoms with E-state index < -0.39 is 0 Å². The minimum absolute atomic E-state index is 0.949. The van der Waals surface area contributed by atoms with Crippen LogP contribution in [-0.4, -0.2) is 14.1 Å². The van der Waals surface area contributed by atoms with Gasteiger partial charge in [0.2, 0.25) is 0 Å². The fraction of sp³-hybridized carbons (Fsp3) is 0.135. The lowest BCUT2D eigenvalue weighted by atomic mass is 9.83. The Morgan fingerprint density at radius 2 is 1.25 bits per heavy atom. The maximum absolute atomic E-state index is 6.39. The highest BCUT2D eigenvalue weighted by Crippen LogP contribution is 2.46. The Morgan fingerprint density at radius 1 is 0.607 bits per heavy atom. The van der Waals surface area contributed by atoms with Crippen LogP contribution in [0.2, 0.25) is 0 Å². The van der Waals surface area contributed by atoms with Crippen LogP contribution in [0.4, 0.5) is 0 Å². The van der Waals surface area contributed by atoms with Crippen molar-refractivity contribution >= 4 is 49.3 Å². The SMILES string of the molecule is C/C=C\C(=C/N)n1c2ccc(-c3ccc(C)c(C)c3)cc2c2cc3c(cc21)-c1ccc2c4cc(-c5ccc(C)c(C)c5)ccc4n(-c4cccnc4)c2c1CC3. The number of pyridine rings is 1. The molecule has 0 saturated heterocycles. The second-order valence-corrected chi connectivity index (χ2v) is 15.5. The summed E-state index contributed by atoms with van der Waals surface area (Å²) in [4.78, 5) is 4.58. The minimum Gasteiger partial charge on any atom is -0.403 e. The summed E-state index contributed by atoms with van der Waals surface area (Å²) in [7, 11) is 0. The first-order valence-corrected chi connectivity index (χ1v) is 19.6. The van der Waals surface area contributed by atoms with E-state index in [-0.39, 0.29) is 0 Å². The van der Waals surface area contributed by atoms with Crippen LogP contribution in [0.15, 0.2) is 140 Å². The zero-order chi connectivity index (χ0) is 38.2. The first kappa shape index (κ1) is 33.9. The number of hydrogen-bond acceptors (Lipinski definition) is 2. The van der Waals surface area contributed by atoms with Gasteiger partial charge >= 0.3 is 0 Å². The van der Waals surface area contributed by atoms with E-state index >= 15 is 0 Å². The van der Waals surface area contributed by atoms with E-state index in [0.29, 0.717) is 0 Å². The van der Waals surface area contributed by atoms with Gasteiger partial charge in [0, 0.05) is 33.9 Å². The molecule has 0 spiro atoms. The Bertz CT molecular complexity index is 3130. The van der Waals surface area contributed by atoms with E-state index in [9.17, 15) is 0 Å². The minimum atomic E-state index is 0.949. The van der Waals surface area contributed by atoms with Gasteiger partial charge in [0.15, 0.2) is 0 Å². The van der Waals surface area contributed by atoms with E-state index in [4.69, 9.17) is 5.73 Å². The van der Waals surface area contributed by atoms with E-state index in [2.05, 4.69) is 157 Å². The number of nitrogens with two attached hydrogens (primary N) is 1. The molecular formula is C52H44N4. The molecule has 10 rings (SSSR count). The quantitative estimate of drug-likeness (QED) is 0.180. The number of aromatic nitrogens is 3. The Balaban J connectivity index is 1.23. The number of aryl methyl sites for hydroxylation is 6. The zero-order valence-electron chi connectivity index (χ0n) is 32.6. The number of nitrogens with zero attached hydrogens (tertiary/aromatic N) is 3. The van der Waals surface area contributed by atoms with Crippen molar-refractivity contribution in [2.24, 2.45) is 5.73 Å².